The van der Waals surface area contributed by atoms with Crippen LogP contribution in [0.25, 0.3) is 11.1 Å². The van der Waals surface area contributed by atoms with Crippen LogP contribution in [0.1, 0.15) is 53.0 Å². The van der Waals surface area contributed by atoms with Gasteiger partial charge in [0.15, 0.2) is 0 Å². The molecular formula is C38H32O2S2. The van der Waals surface area contributed by atoms with Gasteiger partial charge in [-0.2, -0.15) is 0 Å². The maximum absolute atomic E-state index is 14.0. The van der Waals surface area contributed by atoms with Crippen LogP contribution in [0.3, 0.4) is 0 Å². The Hall–Kier alpha value is -3.60. The number of fused-ring (bicyclic) bond motifs is 10. The molecule has 8 rings (SSSR count). The monoisotopic (exact) mass is 584 g/mol. The summed E-state index contributed by atoms with van der Waals surface area (Å²) in [6, 6.07) is 42.3. The lowest BCUT2D eigenvalue weighted by Gasteiger charge is -2.42. The predicted molar refractivity (Wildman–Crippen MR) is 171 cm³/mol. The van der Waals surface area contributed by atoms with Gasteiger partial charge in [-0.1, -0.05) is 90.5 Å². The number of benzene rings is 5. The minimum atomic E-state index is -1.27. The largest absolute Gasteiger partial charge is 0.254 e. The van der Waals surface area contributed by atoms with Crippen LogP contribution in [0.4, 0.5) is 0 Å². The first-order valence-corrected chi connectivity index (χ1v) is 17.2. The van der Waals surface area contributed by atoms with Gasteiger partial charge in [-0.15, -0.1) is 0 Å². The van der Waals surface area contributed by atoms with Gasteiger partial charge < -0.3 is 0 Å². The third kappa shape index (κ3) is 3.74. The highest BCUT2D eigenvalue weighted by Crippen LogP contribution is 2.67. The zero-order chi connectivity index (χ0) is 28.4. The molecule has 1 spiro atoms. The molecule has 1 saturated carbocycles. The molecule has 5 atom stereocenters. The number of hydrogen-bond donors (Lipinski definition) is 0. The zero-order valence-electron chi connectivity index (χ0n) is 23.5. The molecule has 1 fully saturated rings. The van der Waals surface area contributed by atoms with Crippen molar-refractivity contribution in [3.8, 4) is 11.1 Å². The van der Waals surface area contributed by atoms with Crippen molar-refractivity contribution in [2.45, 2.75) is 57.5 Å². The Kier molecular flexibility index (Phi) is 6.20. The van der Waals surface area contributed by atoms with Crippen molar-refractivity contribution in [1.82, 2.24) is 0 Å². The minimum Gasteiger partial charge on any atom is -0.254 e. The molecule has 5 aromatic carbocycles. The van der Waals surface area contributed by atoms with Gasteiger partial charge in [0, 0.05) is 19.9 Å². The van der Waals surface area contributed by atoms with Crippen LogP contribution in [0, 0.1) is 12.8 Å². The van der Waals surface area contributed by atoms with Crippen molar-refractivity contribution in [2.75, 3.05) is 0 Å². The van der Waals surface area contributed by atoms with E-state index in [0.29, 0.717) is 5.92 Å². The fourth-order valence-electron chi connectivity index (χ4n) is 8.20. The maximum atomic E-state index is 14.0. The van der Waals surface area contributed by atoms with Gasteiger partial charge in [0.1, 0.15) is 0 Å². The minimum absolute atomic E-state index is 0.0954. The Morgan fingerprint density at radius 3 is 1.93 bits per heavy atom. The van der Waals surface area contributed by atoms with E-state index in [1.165, 1.54) is 38.9 Å². The van der Waals surface area contributed by atoms with Crippen LogP contribution in [0.2, 0.25) is 0 Å². The molecule has 0 N–H and O–H groups in total. The van der Waals surface area contributed by atoms with Gasteiger partial charge in [-0.3, -0.25) is 4.21 Å². The summed E-state index contributed by atoms with van der Waals surface area (Å²) in [5, 5.41) is 0.0954. The molecule has 0 bridgehead atoms. The normalized spacial score (nSPS) is 22.5. The summed E-state index contributed by atoms with van der Waals surface area (Å²) < 4.78 is 27.9. The SMILES string of the molecule is Cc1ccc(S(=O)C2CCC3c4ccc(S(=O)c5ccccc5)cc4C4(c5ccccc5-c5ccccc54)C3C2)cc1. The fourth-order valence-corrected chi connectivity index (χ4v) is 10.8. The molecule has 5 aromatic rings. The lowest BCUT2D eigenvalue weighted by Crippen LogP contribution is -2.39. The molecule has 5 unspecified atom stereocenters. The highest BCUT2D eigenvalue weighted by molar-refractivity contribution is 7.85. The molecule has 0 saturated heterocycles. The topological polar surface area (TPSA) is 34.1 Å². The van der Waals surface area contributed by atoms with E-state index in [1.54, 1.807) is 0 Å². The highest BCUT2D eigenvalue weighted by Gasteiger charge is 2.59. The third-order valence-electron chi connectivity index (χ3n) is 9.93. The van der Waals surface area contributed by atoms with E-state index in [2.05, 4.69) is 85.8 Å². The van der Waals surface area contributed by atoms with Crippen molar-refractivity contribution in [3.63, 3.8) is 0 Å². The van der Waals surface area contributed by atoms with Crippen molar-refractivity contribution >= 4 is 21.6 Å². The van der Waals surface area contributed by atoms with Gasteiger partial charge in [0.2, 0.25) is 0 Å². The van der Waals surface area contributed by atoms with Crippen molar-refractivity contribution < 1.29 is 8.42 Å². The van der Waals surface area contributed by atoms with Crippen molar-refractivity contribution in [3.05, 3.63) is 149 Å². The van der Waals surface area contributed by atoms with Crippen LogP contribution in [0.15, 0.2) is 136 Å². The summed E-state index contributed by atoms with van der Waals surface area (Å²) in [6.07, 6.45) is 2.84. The molecule has 3 aliphatic rings. The highest BCUT2D eigenvalue weighted by atomic mass is 32.2. The van der Waals surface area contributed by atoms with Gasteiger partial charge in [0.05, 0.1) is 27.0 Å². The second-order valence-electron chi connectivity index (χ2n) is 12.0. The Morgan fingerprint density at radius 2 is 1.24 bits per heavy atom. The number of aryl methyl sites for hydroxylation is 1. The van der Waals surface area contributed by atoms with Crippen molar-refractivity contribution in [1.29, 1.82) is 0 Å². The standard InChI is InChI=1S/C38H32O2S2/c1-25-15-17-27(18-16-25)42(40)29-20-22-33-32-21-19-28(41(39)26-9-3-2-4-10-26)23-36(32)38(37(33)24-29)34-13-7-5-11-30(34)31-12-6-8-14-35(31)38/h2-19,21,23,29,33,37H,20,22,24H2,1H3. The Balaban J connectivity index is 1.32. The summed E-state index contributed by atoms with van der Waals surface area (Å²) >= 11 is 0. The van der Waals surface area contributed by atoms with Gasteiger partial charge in [0.25, 0.3) is 0 Å². The molecule has 42 heavy (non-hydrogen) atoms. The first-order chi connectivity index (χ1) is 20.6. The average molecular weight is 585 g/mol. The maximum Gasteiger partial charge on any atom is 0.0849 e. The second kappa shape index (κ2) is 10.00. The van der Waals surface area contributed by atoms with Crippen LogP contribution >= 0.6 is 0 Å². The molecule has 4 heteroatoms. The van der Waals surface area contributed by atoms with Crippen molar-refractivity contribution in [2.24, 2.45) is 5.92 Å². The predicted octanol–water partition coefficient (Wildman–Crippen LogP) is 8.55. The fraction of sp³-hybridized carbons (Fsp3) is 0.211. The first kappa shape index (κ1) is 26.1. The van der Waals surface area contributed by atoms with E-state index in [9.17, 15) is 8.42 Å². The lowest BCUT2D eigenvalue weighted by atomic mass is 9.62. The van der Waals surface area contributed by atoms with E-state index in [-0.39, 0.29) is 16.6 Å². The zero-order valence-corrected chi connectivity index (χ0v) is 25.2. The van der Waals surface area contributed by atoms with E-state index in [0.717, 1.165) is 33.9 Å². The molecule has 0 amide bonds. The number of rotatable bonds is 4. The quantitative estimate of drug-likeness (QED) is 0.212. The van der Waals surface area contributed by atoms with Crippen LogP contribution in [0.5, 0.6) is 0 Å². The summed E-state index contributed by atoms with van der Waals surface area (Å²) in [6.45, 7) is 2.07. The average Bonchev–Trinajstić information content (AvgIpc) is 3.51. The molecule has 0 radical (unpaired) electrons. The third-order valence-corrected chi connectivity index (χ3v) is 13.1. The van der Waals surface area contributed by atoms with Crippen LogP contribution in [-0.2, 0) is 27.0 Å². The molecule has 0 aromatic heterocycles. The molecular weight excluding hydrogens is 553 g/mol. The van der Waals surface area contributed by atoms with Gasteiger partial charge >= 0.3 is 0 Å². The Bertz CT molecular complexity index is 1830. The van der Waals surface area contributed by atoms with Crippen LogP contribution in [-0.4, -0.2) is 13.7 Å². The van der Waals surface area contributed by atoms with E-state index in [1.807, 2.05) is 42.5 Å². The van der Waals surface area contributed by atoms with Gasteiger partial charge in [-0.05, 0) is 108 Å². The van der Waals surface area contributed by atoms with Crippen LogP contribution < -0.4 is 0 Å². The van der Waals surface area contributed by atoms with E-state index >= 15 is 0 Å². The summed E-state index contributed by atoms with van der Waals surface area (Å²) in [5.41, 5.74) is 8.74. The second-order valence-corrected chi connectivity index (χ2v) is 15.2. The smallest absolute Gasteiger partial charge is 0.0849 e. The summed E-state index contributed by atoms with van der Waals surface area (Å²) in [4.78, 5) is 2.60. The molecule has 208 valence electrons. The Morgan fingerprint density at radius 1 is 0.619 bits per heavy atom. The summed E-state index contributed by atoms with van der Waals surface area (Å²) in [7, 11) is -2.34. The molecule has 0 heterocycles. The molecule has 0 aliphatic heterocycles. The van der Waals surface area contributed by atoms with E-state index < -0.39 is 21.6 Å². The Labute approximate surface area is 252 Å². The summed E-state index contributed by atoms with van der Waals surface area (Å²) in [5.74, 6) is 0.635. The lowest BCUT2D eigenvalue weighted by molar-refractivity contribution is 0.269. The number of hydrogen-bond acceptors (Lipinski definition) is 2. The van der Waals surface area contributed by atoms with Gasteiger partial charge in [-0.25, -0.2) is 4.21 Å². The first-order valence-electron chi connectivity index (χ1n) is 14.8. The molecule has 2 nitrogen and oxygen atoms in total. The molecule has 3 aliphatic carbocycles. The van der Waals surface area contributed by atoms with E-state index in [4.69, 9.17) is 0 Å².